The van der Waals surface area contributed by atoms with Crippen LogP contribution in [-0.4, -0.2) is 47.5 Å². The summed E-state index contributed by atoms with van der Waals surface area (Å²) >= 11 is 1.40. The number of thioether (sulfide) groups is 1. The molecule has 2 aliphatic rings. The highest BCUT2D eigenvalue weighted by Crippen LogP contribution is 2.38. The van der Waals surface area contributed by atoms with Gasteiger partial charge >= 0.3 is 0 Å². The summed E-state index contributed by atoms with van der Waals surface area (Å²) in [5, 5.41) is 0. The molecular formula is C27H24N2O2S. The van der Waals surface area contributed by atoms with E-state index in [2.05, 4.69) is 34.1 Å². The monoisotopic (exact) mass is 440 g/mol. The van der Waals surface area contributed by atoms with Crippen LogP contribution in [0, 0.1) is 0 Å². The number of fused-ring (bicyclic) bond motifs is 1. The Morgan fingerprint density at radius 3 is 1.88 bits per heavy atom. The Balaban J connectivity index is 1.43. The van der Waals surface area contributed by atoms with Crippen LogP contribution in [0.25, 0.3) is 0 Å². The van der Waals surface area contributed by atoms with Crippen LogP contribution in [0.4, 0.5) is 0 Å². The van der Waals surface area contributed by atoms with E-state index in [1.54, 1.807) is 12.1 Å². The molecule has 0 bridgehead atoms. The van der Waals surface area contributed by atoms with Gasteiger partial charge in [-0.25, -0.2) is 0 Å². The van der Waals surface area contributed by atoms with Crippen molar-refractivity contribution in [1.82, 2.24) is 9.80 Å². The number of benzene rings is 3. The van der Waals surface area contributed by atoms with Crippen LogP contribution in [0.2, 0.25) is 0 Å². The van der Waals surface area contributed by atoms with Gasteiger partial charge in [0.15, 0.2) is 0 Å². The van der Waals surface area contributed by atoms with E-state index in [4.69, 9.17) is 0 Å². The SMILES string of the molecule is O=C1C(Sc2ccccc2)=C(N2CCN(Cc3ccccc3)CC2)C(=O)c2ccccc21. The quantitative estimate of drug-likeness (QED) is 0.565. The summed E-state index contributed by atoms with van der Waals surface area (Å²) in [5.41, 5.74) is 2.86. The fraction of sp³-hybridized carbons (Fsp3) is 0.185. The van der Waals surface area contributed by atoms with E-state index in [-0.39, 0.29) is 11.6 Å². The largest absolute Gasteiger partial charge is 0.365 e. The second kappa shape index (κ2) is 9.15. The number of carbonyl (C=O) groups excluding carboxylic acids is 2. The van der Waals surface area contributed by atoms with E-state index >= 15 is 0 Å². The van der Waals surface area contributed by atoms with Crippen molar-refractivity contribution in [2.24, 2.45) is 0 Å². The first-order valence-corrected chi connectivity index (χ1v) is 11.7. The van der Waals surface area contributed by atoms with Crippen molar-refractivity contribution in [3.8, 4) is 0 Å². The molecule has 1 saturated heterocycles. The number of hydrogen-bond donors (Lipinski definition) is 0. The maximum Gasteiger partial charge on any atom is 0.211 e. The van der Waals surface area contributed by atoms with Crippen LogP contribution < -0.4 is 0 Å². The van der Waals surface area contributed by atoms with Gasteiger partial charge in [0, 0.05) is 48.7 Å². The highest BCUT2D eigenvalue weighted by molar-refractivity contribution is 8.04. The number of Topliss-reactive ketones (excluding diaryl/α,β-unsaturated/α-hetero) is 2. The minimum atomic E-state index is -0.0595. The number of nitrogens with zero attached hydrogens (tertiary/aromatic N) is 2. The second-order valence-electron chi connectivity index (χ2n) is 8.05. The maximum absolute atomic E-state index is 13.6. The Hall–Kier alpha value is -3.15. The summed E-state index contributed by atoms with van der Waals surface area (Å²) in [7, 11) is 0. The lowest BCUT2D eigenvalue weighted by atomic mass is 9.91. The average molecular weight is 441 g/mol. The topological polar surface area (TPSA) is 40.6 Å². The van der Waals surface area contributed by atoms with Gasteiger partial charge in [-0.2, -0.15) is 0 Å². The van der Waals surface area contributed by atoms with Crippen molar-refractivity contribution in [3.05, 3.63) is 112 Å². The lowest BCUT2D eigenvalue weighted by molar-refractivity contribution is 0.0908. The first-order valence-electron chi connectivity index (χ1n) is 10.9. The molecule has 5 rings (SSSR count). The number of allylic oxidation sites excluding steroid dienone is 2. The predicted molar refractivity (Wildman–Crippen MR) is 128 cm³/mol. The molecule has 160 valence electrons. The lowest BCUT2D eigenvalue weighted by Crippen LogP contribution is -2.47. The molecule has 32 heavy (non-hydrogen) atoms. The third-order valence-corrected chi connectivity index (χ3v) is 7.04. The molecule has 5 heteroatoms. The molecule has 0 aromatic heterocycles. The van der Waals surface area contributed by atoms with E-state index < -0.39 is 0 Å². The zero-order valence-electron chi connectivity index (χ0n) is 17.7. The summed E-state index contributed by atoms with van der Waals surface area (Å²) in [6.45, 7) is 4.05. The molecule has 1 aliphatic carbocycles. The smallest absolute Gasteiger partial charge is 0.211 e. The fourth-order valence-electron chi connectivity index (χ4n) is 4.30. The van der Waals surface area contributed by atoms with Gasteiger partial charge in [-0.3, -0.25) is 14.5 Å². The lowest BCUT2D eigenvalue weighted by Gasteiger charge is -2.38. The first-order chi connectivity index (χ1) is 15.7. The van der Waals surface area contributed by atoms with Crippen LogP contribution in [0.15, 0.2) is 100 Å². The number of ketones is 2. The van der Waals surface area contributed by atoms with E-state index in [9.17, 15) is 9.59 Å². The molecule has 0 atom stereocenters. The highest BCUT2D eigenvalue weighted by atomic mass is 32.2. The summed E-state index contributed by atoms with van der Waals surface area (Å²) < 4.78 is 0. The number of rotatable bonds is 5. The van der Waals surface area contributed by atoms with Gasteiger partial charge < -0.3 is 4.90 Å². The number of piperazine rings is 1. The van der Waals surface area contributed by atoms with Gasteiger partial charge in [-0.1, -0.05) is 84.6 Å². The zero-order valence-corrected chi connectivity index (χ0v) is 18.6. The Morgan fingerprint density at radius 2 is 1.22 bits per heavy atom. The maximum atomic E-state index is 13.6. The van der Waals surface area contributed by atoms with Gasteiger partial charge in [0.05, 0.1) is 4.91 Å². The highest BCUT2D eigenvalue weighted by Gasteiger charge is 2.36. The summed E-state index contributed by atoms with van der Waals surface area (Å²) in [6, 6.07) is 27.4. The van der Waals surface area contributed by atoms with Crippen molar-refractivity contribution < 1.29 is 9.59 Å². The number of hydrogen-bond acceptors (Lipinski definition) is 5. The van der Waals surface area contributed by atoms with E-state index in [1.165, 1.54) is 17.3 Å². The summed E-state index contributed by atoms with van der Waals surface area (Å²) in [5.74, 6) is -0.106. The van der Waals surface area contributed by atoms with Crippen molar-refractivity contribution in [2.45, 2.75) is 11.4 Å². The molecule has 0 unspecified atom stereocenters. The molecule has 4 nitrogen and oxygen atoms in total. The molecule has 1 aliphatic heterocycles. The normalized spacial score (nSPS) is 16.9. The molecule has 0 spiro atoms. The van der Waals surface area contributed by atoms with Gasteiger partial charge in [0.2, 0.25) is 11.6 Å². The molecule has 1 heterocycles. The van der Waals surface area contributed by atoms with Crippen LogP contribution in [-0.2, 0) is 6.54 Å². The molecule has 1 fully saturated rings. The van der Waals surface area contributed by atoms with Crippen molar-refractivity contribution in [3.63, 3.8) is 0 Å². The molecule has 0 amide bonds. The van der Waals surface area contributed by atoms with Gasteiger partial charge in [0.25, 0.3) is 0 Å². The van der Waals surface area contributed by atoms with Gasteiger partial charge in [-0.15, -0.1) is 0 Å². The Kier molecular flexibility index (Phi) is 5.93. The molecule has 3 aromatic carbocycles. The first kappa shape index (κ1) is 20.7. The Morgan fingerprint density at radius 1 is 0.656 bits per heavy atom. The van der Waals surface area contributed by atoms with Crippen LogP contribution in [0.1, 0.15) is 26.3 Å². The standard InChI is InChI=1S/C27H24N2O2S/c30-25-22-13-7-8-14-23(22)26(31)27(32-21-11-5-2-6-12-21)24(25)29-17-15-28(16-18-29)19-20-9-3-1-4-10-20/h1-14H,15-19H2. The summed E-state index contributed by atoms with van der Waals surface area (Å²) in [6.07, 6.45) is 0. The molecular weight excluding hydrogens is 416 g/mol. The molecule has 0 saturated carbocycles. The van der Waals surface area contributed by atoms with E-state index in [0.717, 1.165) is 37.6 Å². The van der Waals surface area contributed by atoms with Crippen molar-refractivity contribution >= 4 is 23.3 Å². The van der Waals surface area contributed by atoms with Gasteiger partial charge in [0.1, 0.15) is 5.70 Å². The summed E-state index contributed by atoms with van der Waals surface area (Å²) in [4.78, 5) is 33.0. The minimum Gasteiger partial charge on any atom is -0.365 e. The average Bonchev–Trinajstić information content (AvgIpc) is 2.85. The van der Waals surface area contributed by atoms with Gasteiger partial charge in [-0.05, 0) is 17.7 Å². The zero-order chi connectivity index (χ0) is 21.9. The van der Waals surface area contributed by atoms with Crippen LogP contribution >= 0.6 is 11.8 Å². The van der Waals surface area contributed by atoms with Crippen LogP contribution in [0.3, 0.4) is 0 Å². The van der Waals surface area contributed by atoms with E-state index in [1.807, 2.05) is 48.5 Å². The molecule has 0 N–H and O–H groups in total. The van der Waals surface area contributed by atoms with Crippen molar-refractivity contribution in [2.75, 3.05) is 26.2 Å². The Bertz CT molecular complexity index is 1170. The Labute approximate surface area is 192 Å². The molecule has 0 radical (unpaired) electrons. The predicted octanol–water partition coefficient (Wildman–Crippen LogP) is 4.89. The van der Waals surface area contributed by atoms with E-state index in [0.29, 0.717) is 21.7 Å². The minimum absolute atomic E-state index is 0.0462. The third-order valence-electron chi connectivity index (χ3n) is 5.95. The molecule has 3 aromatic rings. The third kappa shape index (κ3) is 4.14. The van der Waals surface area contributed by atoms with Crippen molar-refractivity contribution in [1.29, 1.82) is 0 Å². The fourth-order valence-corrected chi connectivity index (χ4v) is 5.35. The number of carbonyl (C=O) groups is 2. The second-order valence-corrected chi connectivity index (χ2v) is 9.13. The van der Waals surface area contributed by atoms with Crippen LogP contribution in [0.5, 0.6) is 0 Å².